The molecule has 0 saturated carbocycles. The van der Waals surface area contributed by atoms with Crippen molar-refractivity contribution in [2.45, 2.75) is 32.9 Å². The van der Waals surface area contributed by atoms with E-state index in [0.717, 1.165) is 5.56 Å². The van der Waals surface area contributed by atoms with E-state index < -0.39 is 0 Å². The summed E-state index contributed by atoms with van der Waals surface area (Å²) in [5, 5.41) is 6.24. The van der Waals surface area contributed by atoms with E-state index in [9.17, 15) is 9.59 Å². The molecular weight excluding hydrogens is 366 g/mol. The molecule has 0 bridgehead atoms. The molecular formula is C20H22ClN3O3. The Labute approximate surface area is 163 Å². The number of benzene rings is 2. The molecule has 0 atom stereocenters. The van der Waals surface area contributed by atoms with Gasteiger partial charge in [-0.2, -0.15) is 0 Å². The molecule has 3 rings (SSSR count). The Morgan fingerprint density at radius 2 is 2.00 bits per heavy atom. The van der Waals surface area contributed by atoms with E-state index in [2.05, 4.69) is 10.6 Å². The number of nitrogens with one attached hydrogen (secondary N) is 2. The molecule has 3 amide bonds. The fourth-order valence-corrected chi connectivity index (χ4v) is 2.99. The van der Waals surface area contributed by atoms with Crippen molar-refractivity contribution in [3.63, 3.8) is 0 Å². The van der Waals surface area contributed by atoms with Crippen LogP contribution in [0.15, 0.2) is 42.5 Å². The van der Waals surface area contributed by atoms with Gasteiger partial charge in [0.05, 0.1) is 12.2 Å². The van der Waals surface area contributed by atoms with Gasteiger partial charge >= 0.3 is 6.03 Å². The number of rotatable bonds is 3. The molecule has 0 spiro atoms. The topological polar surface area (TPSA) is 70.7 Å². The Morgan fingerprint density at radius 3 is 2.70 bits per heavy atom. The summed E-state index contributed by atoms with van der Waals surface area (Å²) in [7, 11) is 0. The number of hydrogen-bond donors (Lipinski definition) is 2. The van der Waals surface area contributed by atoms with Crippen LogP contribution in [-0.4, -0.2) is 24.1 Å². The number of halogens is 1. The summed E-state index contributed by atoms with van der Waals surface area (Å²) in [6, 6.07) is 12.3. The highest BCUT2D eigenvalue weighted by Gasteiger charge is 2.26. The van der Waals surface area contributed by atoms with Crippen molar-refractivity contribution in [3.05, 3.63) is 53.1 Å². The predicted molar refractivity (Wildman–Crippen MR) is 106 cm³/mol. The van der Waals surface area contributed by atoms with Gasteiger partial charge in [0.25, 0.3) is 5.91 Å². The van der Waals surface area contributed by atoms with Crippen molar-refractivity contribution in [3.8, 4) is 5.75 Å². The minimum atomic E-state index is -0.338. The first kappa shape index (κ1) is 19.0. The molecule has 1 aliphatic heterocycles. The maximum absolute atomic E-state index is 12.4. The van der Waals surface area contributed by atoms with Gasteiger partial charge in [-0.3, -0.25) is 4.79 Å². The number of nitrogens with zero attached hydrogens (tertiary/aromatic N) is 1. The van der Waals surface area contributed by atoms with Crippen molar-refractivity contribution in [2.24, 2.45) is 0 Å². The van der Waals surface area contributed by atoms with Crippen LogP contribution in [0.4, 0.5) is 16.2 Å². The highest BCUT2D eigenvalue weighted by molar-refractivity contribution is 6.30. The van der Waals surface area contributed by atoms with Gasteiger partial charge in [0, 0.05) is 22.3 Å². The second-order valence-corrected chi connectivity index (χ2v) is 7.85. The van der Waals surface area contributed by atoms with Gasteiger partial charge in [0.15, 0.2) is 6.61 Å². The van der Waals surface area contributed by atoms with Crippen molar-refractivity contribution in [2.75, 3.05) is 16.8 Å². The first-order valence-corrected chi connectivity index (χ1v) is 9.00. The van der Waals surface area contributed by atoms with Gasteiger partial charge in [0.1, 0.15) is 5.75 Å². The lowest BCUT2D eigenvalue weighted by molar-refractivity contribution is -0.121. The summed E-state index contributed by atoms with van der Waals surface area (Å²) < 4.78 is 5.56. The number of urea groups is 1. The van der Waals surface area contributed by atoms with E-state index >= 15 is 0 Å². The summed E-state index contributed by atoms with van der Waals surface area (Å²) in [6.45, 7) is 6.06. The SMILES string of the molecule is CC(C)(C)NC(=O)Nc1ccc2c(c1)OCC(=O)N2Cc1cccc(Cl)c1. The smallest absolute Gasteiger partial charge is 0.319 e. The Balaban J connectivity index is 1.79. The molecule has 2 aromatic rings. The van der Waals surface area contributed by atoms with Crippen molar-refractivity contribution >= 4 is 34.9 Å². The van der Waals surface area contributed by atoms with Crippen LogP contribution < -0.4 is 20.3 Å². The molecule has 2 N–H and O–H groups in total. The second kappa shape index (κ2) is 7.48. The van der Waals surface area contributed by atoms with Gasteiger partial charge in [-0.25, -0.2) is 4.79 Å². The lowest BCUT2D eigenvalue weighted by Gasteiger charge is -2.30. The normalized spacial score (nSPS) is 13.6. The molecule has 0 aromatic heterocycles. The largest absolute Gasteiger partial charge is 0.481 e. The second-order valence-electron chi connectivity index (χ2n) is 7.41. The first-order valence-electron chi connectivity index (χ1n) is 8.62. The molecule has 7 heteroatoms. The number of fused-ring (bicyclic) bond motifs is 1. The van der Waals surface area contributed by atoms with E-state index in [4.69, 9.17) is 16.3 Å². The highest BCUT2D eigenvalue weighted by Crippen LogP contribution is 2.35. The fraction of sp³-hybridized carbons (Fsp3) is 0.300. The third-order valence-electron chi connectivity index (χ3n) is 3.88. The van der Waals surface area contributed by atoms with Crippen molar-refractivity contribution in [1.82, 2.24) is 5.32 Å². The Morgan fingerprint density at radius 1 is 1.22 bits per heavy atom. The lowest BCUT2D eigenvalue weighted by atomic mass is 10.1. The first-order chi connectivity index (χ1) is 12.7. The fourth-order valence-electron chi connectivity index (χ4n) is 2.78. The van der Waals surface area contributed by atoms with Gasteiger partial charge in [-0.05, 0) is 50.6 Å². The van der Waals surface area contributed by atoms with Crippen LogP contribution in [0.3, 0.4) is 0 Å². The van der Waals surface area contributed by atoms with Crippen molar-refractivity contribution in [1.29, 1.82) is 0 Å². The molecule has 0 radical (unpaired) electrons. The molecule has 6 nitrogen and oxygen atoms in total. The maximum Gasteiger partial charge on any atom is 0.319 e. The van der Waals surface area contributed by atoms with E-state index in [-0.39, 0.29) is 24.1 Å². The number of hydrogen-bond acceptors (Lipinski definition) is 3. The molecule has 142 valence electrons. The summed E-state index contributed by atoms with van der Waals surface area (Å²) in [5.74, 6) is 0.416. The average Bonchev–Trinajstić information content (AvgIpc) is 2.56. The van der Waals surface area contributed by atoms with Crippen LogP contribution in [-0.2, 0) is 11.3 Å². The molecule has 0 unspecified atom stereocenters. The molecule has 2 aromatic carbocycles. The zero-order chi connectivity index (χ0) is 19.6. The van der Waals surface area contributed by atoms with E-state index in [1.165, 1.54) is 0 Å². The number of anilines is 2. The third kappa shape index (κ3) is 4.92. The molecule has 0 saturated heterocycles. The van der Waals surface area contributed by atoms with E-state index in [1.54, 1.807) is 29.2 Å². The molecule has 0 fully saturated rings. The third-order valence-corrected chi connectivity index (χ3v) is 4.11. The summed E-state index contributed by atoms with van der Waals surface area (Å²) in [4.78, 5) is 26.1. The van der Waals surface area contributed by atoms with E-state index in [1.807, 2.05) is 39.0 Å². The summed E-state index contributed by atoms with van der Waals surface area (Å²) >= 11 is 6.04. The monoisotopic (exact) mass is 387 g/mol. The van der Waals surface area contributed by atoms with Crippen molar-refractivity contribution < 1.29 is 14.3 Å². The minimum absolute atomic E-state index is 0.0504. The molecule has 1 aliphatic rings. The zero-order valence-electron chi connectivity index (χ0n) is 15.5. The molecule has 27 heavy (non-hydrogen) atoms. The Bertz CT molecular complexity index is 877. The summed E-state index contributed by atoms with van der Waals surface area (Å²) in [6.07, 6.45) is 0. The van der Waals surface area contributed by atoms with Crippen LogP contribution >= 0.6 is 11.6 Å². The molecule has 0 aliphatic carbocycles. The number of carbonyl (C=O) groups excluding carboxylic acids is 2. The lowest BCUT2D eigenvalue weighted by Crippen LogP contribution is -2.43. The van der Waals surface area contributed by atoms with Crippen LogP contribution in [0.2, 0.25) is 5.02 Å². The number of ether oxygens (including phenoxy) is 1. The molecule has 1 heterocycles. The quantitative estimate of drug-likeness (QED) is 0.829. The van der Waals surface area contributed by atoms with Crippen LogP contribution in [0.1, 0.15) is 26.3 Å². The maximum atomic E-state index is 12.4. The Hall–Kier alpha value is -2.73. The number of carbonyl (C=O) groups is 2. The zero-order valence-corrected chi connectivity index (χ0v) is 16.3. The minimum Gasteiger partial charge on any atom is -0.481 e. The Kier molecular flexibility index (Phi) is 5.28. The predicted octanol–water partition coefficient (Wildman–Crippen LogP) is 4.19. The van der Waals surface area contributed by atoms with Gasteiger partial charge in [0.2, 0.25) is 0 Å². The van der Waals surface area contributed by atoms with Gasteiger partial charge in [-0.15, -0.1) is 0 Å². The van der Waals surface area contributed by atoms with Gasteiger partial charge in [-0.1, -0.05) is 23.7 Å². The van der Waals surface area contributed by atoms with Crippen LogP contribution in [0, 0.1) is 0 Å². The average molecular weight is 388 g/mol. The van der Waals surface area contributed by atoms with Crippen LogP contribution in [0.5, 0.6) is 5.75 Å². The number of amides is 3. The van der Waals surface area contributed by atoms with Gasteiger partial charge < -0.3 is 20.3 Å². The summed E-state index contributed by atoms with van der Waals surface area (Å²) in [5.41, 5.74) is 1.84. The highest BCUT2D eigenvalue weighted by atomic mass is 35.5. The standard InChI is InChI=1S/C20H22ClN3O3/c1-20(2,3)23-19(26)22-15-7-8-16-17(10-15)27-12-18(25)24(16)11-13-5-4-6-14(21)9-13/h4-10H,11-12H2,1-3H3,(H2,22,23,26). The van der Waals surface area contributed by atoms with E-state index in [0.29, 0.717) is 28.7 Å². The van der Waals surface area contributed by atoms with Crippen LogP contribution in [0.25, 0.3) is 0 Å².